The third-order valence-electron chi connectivity index (χ3n) is 3.30. The first-order valence-electron chi connectivity index (χ1n) is 6.92. The first-order chi connectivity index (χ1) is 10.5. The van der Waals surface area contributed by atoms with Crippen molar-refractivity contribution in [1.82, 2.24) is 14.7 Å². The summed E-state index contributed by atoms with van der Waals surface area (Å²) in [5, 5.41) is 7.06. The molecule has 1 aromatic carbocycles. The second-order valence-electron chi connectivity index (χ2n) is 5.11. The molecule has 0 saturated carbocycles. The molecule has 118 valence electrons. The van der Waals surface area contributed by atoms with Crippen molar-refractivity contribution in [2.45, 2.75) is 13.0 Å². The van der Waals surface area contributed by atoms with E-state index in [0.717, 1.165) is 5.69 Å². The number of carbonyl (C=O) groups is 1. The molecule has 0 radical (unpaired) electrons. The Morgan fingerprint density at radius 1 is 1.36 bits per heavy atom. The first-order valence-corrected chi connectivity index (χ1v) is 8.65. The normalized spacial score (nSPS) is 13.4. The van der Waals surface area contributed by atoms with E-state index in [0.29, 0.717) is 11.6 Å². The van der Waals surface area contributed by atoms with Gasteiger partial charge in [0.05, 0.1) is 5.69 Å². The van der Waals surface area contributed by atoms with Gasteiger partial charge < -0.3 is 4.90 Å². The Hall–Kier alpha value is -2.15. The van der Waals surface area contributed by atoms with Crippen molar-refractivity contribution in [2.75, 3.05) is 24.4 Å². The molecule has 0 bridgehead atoms. The maximum Gasteiger partial charge on any atom is 0.323 e. The van der Waals surface area contributed by atoms with Crippen LogP contribution in [0.15, 0.2) is 42.6 Å². The van der Waals surface area contributed by atoms with Gasteiger partial charge in [-0.1, -0.05) is 18.2 Å². The highest BCUT2D eigenvalue weighted by molar-refractivity contribution is 7.84. The van der Waals surface area contributed by atoms with E-state index in [1.807, 2.05) is 37.3 Å². The number of amides is 2. The van der Waals surface area contributed by atoms with Gasteiger partial charge in [0.2, 0.25) is 0 Å². The fourth-order valence-corrected chi connectivity index (χ4v) is 2.87. The van der Waals surface area contributed by atoms with Crippen molar-refractivity contribution in [3.8, 4) is 5.69 Å². The van der Waals surface area contributed by atoms with Gasteiger partial charge in [-0.2, -0.15) is 0 Å². The van der Waals surface area contributed by atoms with Gasteiger partial charge in [-0.25, -0.2) is 9.48 Å². The predicted molar refractivity (Wildman–Crippen MR) is 88.7 cm³/mol. The summed E-state index contributed by atoms with van der Waals surface area (Å²) in [5.74, 6) is 0.924. The van der Waals surface area contributed by atoms with E-state index in [-0.39, 0.29) is 12.1 Å². The van der Waals surface area contributed by atoms with Crippen LogP contribution in [0.2, 0.25) is 0 Å². The summed E-state index contributed by atoms with van der Waals surface area (Å²) in [6.07, 6.45) is 3.42. The second-order valence-corrected chi connectivity index (χ2v) is 6.59. The SMILES string of the molecule is CC(CS(C)=O)N(C)C(=O)Nc1ccn(-c2ccccc2)n1. The minimum absolute atomic E-state index is 0.109. The van der Waals surface area contributed by atoms with Gasteiger partial charge in [-0.15, -0.1) is 5.10 Å². The number of nitrogens with zero attached hydrogens (tertiary/aromatic N) is 3. The van der Waals surface area contributed by atoms with Crippen molar-refractivity contribution in [3.05, 3.63) is 42.6 Å². The van der Waals surface area contributed by atoms with Crippen LogP contribution in [0, 0.1) is 0 Å². The van der Waals surface area contributed by atoms with Crippen LogP contribution < -0.4 is 5.32 Å². The Bertz CT molecular complexity index is 657. The van der Waals surface area contributed by atoms with Crippen LogP contribution >= 0.6 is 0 Å². The first kappa shape index (κ1) is 16.2. The van der Waals surface area contributed by atoms with Crippen molar-refractivity contribution < 1.29 is 9.00 Å². The maximum absolute atomic E-state index is 12.1. The van der Waals surface area contributed by atoms with E-state index >= 15 is 0 Å². The number of hydrogen-bond donors (Lipinski definition) is 1. The number of benzene rings is 1. The fourth-order valence-electron chi connectivity index (χ4n) is 1.96. The third-order valence-corrected chi connectivity index (χ3v) is 4.25. The van der Waals surface area contributed by atoms with Crippen molar-refractivity contribution in [2.24, 2.45) is 0 Å². The Morgan fingerprint density at radius 2 is 2.05 bits per heavy atom. The molecule has 7 heteroatoms. The molecular formula is C15H20N4O2S. The minimum atomic E-state index is -0.941. The minimum Gasteiger partial charge on any atom is -0.324 e. The maximum atomic E-state index is 12.1. The molecule has 2 unspecified atom stereocenters. The monoisotopic (exact) mass is 320 g/mol. The Labute approximate surface area is 132 Å². The lowest BCUT2D eigenvalue weighted by Gasteiger charge is -2.23. The molecule has 2 rings (SSSR count). The number of carbonyl (C=O) groups excluding carboxylic acids is 1. The van der Waals surface area contributed by atoms with Gasteiger partial charge in [-0.3, -0.25) is 9.53 Å². The van der Waals surface area contributed by atoms with Crippen molar-refractivity contribution in [1.29, 1.82) is 0 Å². The molecule has 2 atom stereocenters. The van der Waals surface area contributed by atoms with Crippen LogP contribution in [-0.2, 0) is 10.8 Å². The van der Waals surface area contributed by atoms with Crippen LogP contribution in [0.1, 0.15) is 6.92 Å². The summed E-state index contributed by atoms with van der Waals surface area (Å²) < 4.78 is 12.9. The average molecular weight is 320 g/mol. The number of anilines is 1. The standard InChI is InChI=1S/C15H20N4O2S/c1-12(11-22(3)21)18(2)15(20)16-14-9-10-19(17-14)13-7-5-4-6-8-13/h4-10,12H,11H2,1-3H3,(H,16,17,20). The molecule has 2 aromatic rings. The number of hydrogen-bond acceptors (Lipinski definition) is 3. The second kappa shape index (κ2) is 7.22. The van der Waals surface area contributed by atoms with E-state index < -0.39 is 10.8 Å². The van der Waals surface area contributed by atoms with Gasteiger partial charge >= 0.3 is 6.03 Å². The molecule has 0 aliphatic carbocycles. The van der Waals surface area contributed by atoms with Gasteiger partial charge in [0.25, 0.3) is 0 Å². The van der Waals surface area contributed by atoms with Crippen LogP contribution in [0.3, 0.4) is 0 Å². The zero-order valence-electron chi connectivity index (χ0n) is 12.9. The summed E-state index contributed by atoms with van der Waals surface area (Å²) in [5.41, 5.74) is 0.922. The summed E-state index contributed by atoms with van der Waals surface area (Å²) in [7, 11) is 0.740. The molecule has 1 aromatic heterocycles. The van der Waals surface area contributed by atoms with E-state index in [4.69, 9.17) is 0 Å². The fraction of sp³-hybridized carbons (Fsp3) is 0.333. The molecule has 0 aliphatic rings. The van der Waals surface area contributed by atoms with Crippen LogP contribution in [0.5, 0.6) is 0 Å². The molecule has 1 heterocycles. The number of nitrogens with one attached hydrogen (secondary N) is 1. The quantitative estimate of drug-likeness (QED) is 0.917. The van der Waals surface area contributed by atoms with Crippen molar-refractivity contribution in [3.63, 3.8) is 0 Å². The molecule has 0 aliphatic heterocycles. The zero-order chi connectivity index (χ0) is 16.1. The topological polar surface area (TPSA) is 67.2 Å². The molecule has 0 saturated heterocycles. The zero-order valence-corrected chi connectivity index (χ0v) is 13.7. The number of aromatic nitrogens is 2. The largest absolute Gasteiger partial charge is 0.324 e. The van der Waals surface area contributed by atoms with E-state index in [2.05, 4.69) is 10.4 Å². The number of urea groups is 1. The predicted octanol–water partition coefficient (Wildman–Crippen LogP) is 2.10. The summed E-state index contributed by atoms with van der Waals surface area (Å²) in [6, 6.07) is 11.0. The van der Waals surface area contributed by atoms with E-state index in [9.17, 15) is 9.00 Å². The lowest BCUT2D eigenvalue weighted by molar-refractivity contribution is 0.212. The van der Waals surface area contributed by atoms with Gasteiger partial charge in [0.1, 0.15) is 0 Å². The third kappa shape index (κ3) is 4.17. The summed E-state index contributed by atoms with van der Waals surface area (Å²) in [4.78, 5) is 13.7. The molecule has 22 heavy (non-hydrogen) atoms. The summed E-state index contributed by atoms with van der Waals surface area (Å²) >= 11 is 0. The molecule has 0 spiro atoms. The lowest BCUT2D eigenvalue weighted by atomic mass is 10.3. The van der Waals surface area contributed by atoms with Crippen LogP contribution in [-0.4, -0.2) is 50.0 Å². The van der Waals surface area contributed by atoms with Crippen LogP contribution in [0.4, 0.5) is 10.6 Å². The molecule has 6 nitrogen and oxygen atoms in total. The molecular weight excluding hydrogens is 300 g/mol. The van der Waals surface area contributed by atoms with E-state index in [1.54, 1.807) is 30.2 Å². The highest BCUT2D eigenvalue weighted by Crippen LogP contribution is 2.11. The van der Waals surface area contributed by atoms with Gasteiger partial charge in [0, 0.05) is 48.2 Å². The summed E-state index contributed by atoms with van der Waals surface area (Å²) in [6.45, 7) is 1.86. The molecule has 0 fully saturated rings. The molecule has 1 N–H and O–H groups in total. The molecule has 2 amide bonds. The van der Waals surface area contributed by atoms with E-state index in [1.165, 1.54) is 4.90 Å². The smallest absolute Gasteiger partial charge is 0.323 e. The Morgan fingerprint density at radius 3 is 2.68 bits per heavy atom. The highest BCUT2D eigenvalue weighted by Gasteiger charge is 2.17. The lowest BCUT2D eigenvalue weighted by Crippen LogP contribution is -2.41. The Balaban J connectivity index is 2.01. The number of rotatable bonds is 5. The van der Waals surface area contributed by atoms with Crippen molar-refractivity contribution >= 4 is 22.6 Å². The van der Waals surface area contributed by atoms with Crippen LogP contribution in [0.25, 0.3) is 5.69 Å². The average Bonchev–Trinajstić information content (AvgIpc) is 2.95. The highest BCUT2D eigenvalue weighted by atomic mass is 32.2. The van der Waals surface area contributed by atoms with Gasteiger partial charge in [0.15, 0.2) is 5.82 Å². The van der Waals surface area contributed by atoms with Gasteiger partial charge in [-0.05, 0) is 19.1 Å². The Kier molecular flexibility index (Phi) is 5.32. The number of para-hydroxylation sites is 1.